The van der Waals surface area contributed by atoms with Gasteiger partial charge in [0.15, 0.2) is 0 Å². The van der Waals surface area contributed by atoms with Crippen molar-refractivity contribution >= 4 is 6.47 Å². The minimum Gasteiger partial charge on any atom is -0.483 e. The van der Waals surface area contributed by atoms with Crippen molar-refractivity contribution in [2.75, 3.05) is 32.8 Å². The lowest BCUT2D eigenvalue weighted by atomic mass is 10.4. The SMILES string of the molecule is C=CCN1CCOCC1.O=CO. The van der Waals surface area contributed by atoms with Crippen LogP contribution in [-0.4, -0.2) is 49.3 Å². The highest BCUT2D eigenvalue weighted by molar-refractivity contribution is 5.32. The zero-order valence-corrected chi connectivity index (χ0v) is 7.11. The summed E-state index contributed by atoms with van der Waals surface area (Å²) in [6.07, 6.45) is 1.94. The maximum Gasteiger partial charge on any atom is 0.290 e. The number of rotatable bonds is 2. The monoisotopic (exact) mass is 173 g/mol. The van der Waals surface area contributed by atoms with Crippen molar-refractivity contribution in [2.24, 2.45) is 0 Å². The first kappa shape index (κ1) is 11.1. The number of carbonyl (C=O) groups is 1. The number of nitrogens with zero attached hydrogens (tertiary/aromatic N) is 1. The third kappa shape index (κ3) is 5.88. The van der Waals surface area contributed by atoms with Crippen molar-refractivity contribution < 1.29 is 14.6 Å². The molecule has 1 saturated heterocycles. The molecule has 0 aromatic carbocycles. The summed E-state index contributed by atoms with van der Waals surface area (Å²) in [7, 11) is 0. The van der Waals surface area contributed by atoms with Gasteiger partial charge in [0.25, 0.3) is 6.47 Å². The van der Waals surface area contributed by atoms with Gasteiger partial charge in [-0.3, -0.25) is 9.69 Å². The molecule has 0 aromatic heterocycles. The summed E-state index contributed by atoms with van der Waals surface area (Å²) < 4.78 is 5.17. The van der Waals surface area contributed by atoms with Crippen LogP contribution in [0.3, 0.4) is 0 Å². The molecule has 0 bridgehead atoms. The Bertz CT molecular complexity index is 121. The van der Waals surface area contributed by atoms with Crippen LogP contribution in [0.1, 0.15) is 0 Å². The van der Waals surface area contributed by atoms with Gasteiger partial charge < -0.3 is 9.84 Å². The van der Waals surface area contributed by atoms with Gasteiger partial charge in [-0.15, -0.1) is 6.58 Å². The van der Waals surface area contributed by atoms with Crippen LogP contribution in [0.25, 0.3) is 0 Å². The Balaban J connectivity index is 0.000000354. The molecule has 0 spiro atoms. The van der Waals surface area contributed by atoms with Crippen molar-refractivity contribution in [1.29, 1.82) is 0 Å². The summed E-state index contributed by atoms with van der Waals surface area (Å²) >= 11 is 0. The van der Waals surface area contributed by atoms with E-state index in [1.54, 1.807) is 0 Å². The second-order valence-electron chi connectivity index (χ2n) is 2.31. The second-order valence-corrected chi connectivity index (χ2v) is 2.31. The lowest BCUT2D eigenvalue weighted by Gasteiger charge is -2.24. The van der Waals surface area contributed by atoms with Crippen LogP contribution in [-0.2, 0) is 9.53 Å². The van der Waals surface area contributed by atoms with Gasteiger partial charge in [0.1, 0.15) is 0 Å². The van der Waals surface area contributed by atoms with Gasteiger partial charge in [-0.05, 0) is 0 Å². The summed E-state index contributed by atoms with van der Waals surface area (Å²) in [6.45, 7) is 8.31. The first-order valence-electron chi connectivity index (χ1n) is 3.84. The standard InChI is InChI=1S/C7H13NO.CH2O2/c1-2-3-8-4-6-9-7-5-8;2-1-3/h2H,1,3-7H2;1H,(H,2,3). The Morgan fingerprint density at radius 1 is 1.50 bits per heavy atom. The van der Waals surface area contributed by atoms with E-state index in [0.717, 1.165) is 32.8 Å². The van der Waals surface area contributed by atoms with Gasteiger partial charge in [0, 0.05) is 19.6 Å². The van der Waals surface area contributed by atoms with Crippen molar-refractivity contribution in [3.05, 3.63) is 12.7 Å². The van der Waals surface area contributed by atoms with E-state index in [1.165, 1.54) is 0 Å². The molecule has 0 aliphatic carbocycles. The van der Waals surface area contributed by atoms with E-state index >= 15 is 0 Å². The highest BCUT2D eigenvalue weighted by atomic mass is 16.5. The van der Waals surface area contributed by atoms with E-state index < -0.39 is 0 Å². The fourth-order valence-corrected chi connectivity index (χ4v) is 0.966. The van der Waals surface area contributed by atoms with Crippen LogP contribution in [0.5, 0.6) is 0 Å². The Morgan fingerprint density at radius 2 is 2.00 bits per heavy atom. The van der Waals surface area contributed by atoms with Gasteiger partial charge in [-0.25, -0.2) is 0 Å². The van der Waals surface area contributed by atoms with Crippen molar-refractivity contribution in [1.82, 2.24) is 4.90 Å². The van der Waals surface area contributed by atoms with Gasteiger partial charge in [0.2, 0.25) is 0 Å². The molecule has 0 unspecified atom stereocenters. The van der Waals surface area contributed by atoms with E-state index in [-0.39, 0.29) is 6.47 Å². The summed E-state index contributed by atoms with van der Waals surface area (Å²) in [5.41, 5.74) is 0. The average molecular weight is 173 g/mol. The van der Waals surface area contributed by atoms with Crippen LogP contribution >= 0.6 is 0 Å². The zero-order valence-electron chi connectivity index (χ0n) is 7.11. The number of ether oxygens (including phenoxy) is 1. The molecule has 70 valence electrons. The van der Waals surface area contributed by atoms with Crippen LogP contribution < -0.4 is 0 Å². The molecule has 1 N–H and O–H groups in total. The quantitative estimate of drug-likeness (QED) is 0.479. The Hall–Kier alpha value is -0.870. The van der Waals surface area contributed by atoms with Gasteiger partial charge in [-0.2, -0.15) is 0 Å². The molecule has 12 heavy (non-hydrogen) atoms. The van der Waals surface area contributed by atoms with E-state index in [2.05, 4.69) is 11.5 Å². The third-order valence-corrected chi connectivity index (χ3v) is 1.49. The largest absolute Gasteiger partial charge is 0.483 e. The summed E-state index contributed by atoms with van der Waals surface area (Å²) in [5.74, 6) is 0. The molecule has 1 fully saturated rings. The van der Waals surface area contributed by atoms with E-state index in [1.807, 2.05) is 6.08 Å². The Kier molecular flexibility index (Phi) is 7.63. The van der Waals surface area contributed by atoms with Crippen molar-refractivity contribution in [2.45, 2.75) is 0 Å². The normalized spacial score (nSPS) is 17.3. The number of hydrogen-bond acceptors (Lipinski definition) is 3. The molecule has 1 heterocycles. The van der Waals surface area contributed by atoms with E-state index in [4.69, 9.17) is 14.6 Å². The molecule has 1 aliphatic heterocycles. The maximum absolute atomic E-state index is 8.36. The van der Waals surface area contributed by atoms with Crippen LogP contribution in [0.15, 0.2) is 12.7 Å². The average Bonchev–Trinajstić information content (AvgIpc) is 2.08. The fourth-order valence-electron chi connectivity index (χ4n) is 0.966. The topological polar surface area (TPSA) is 49.8 Å². The van der Waals surface area contributed by atoms with Crippen molar-refractivity contribution in [3.63, 3.8) is 0 Å². The number of morpholine rings is 1. The maximum atomic E-state index is 8.36. The van der Waals surface area contributed by atoms with Crippen LogP contribution in [0.2, 0.25) is 0 Å². The molecular formula is C8H15NO3. The second kappa shape index (κ2) is 8.23. The molecule has 0 radical (unpaired) electrons. The third-order valence-electron chi connectivity index (χ3n) is 1.49. The minimum absolute atomic E-state index is 0.250. The van der Waals surface area contributed by atoms with E-state index in [0.29, 0.717) is 0 Å². The molecule has 0 atom stereocenters. The summed E-state index contributed by atoms with van der Waals surface area (Å²) in [4.78, 5) is 10.7. The molecular weight excluding hydrogens is 158 g/mol. The van der Waals surface area contributed by atoms with Crippen LogP contribution in [0.4, 0.5) is 0 Å². The highest BCUT2D eigenvalue weighted by Crippen LogP contribution is 1.94. The molecule has 4 nitrogen and oxygen atoms in total. The summed E-state index contributed by atoms with van der Waals surface area (Å²) in [6, 6.07) is 0. The molecule has 1 aliphatic rings. The zero-order chi connectivity index (χ0) is 9.23. The van der Waals surface area contributed by atoms with Gasteiger partial charge in [-0.1, -0.05) is 6.08 Å². The molecule has 0 saturated carbocycles. The fraction of sp³-hybridized carbons (Fsp3) is 0.625. The Morgan fingerprint density at radius 3 is 2.42 bits per heavy atom. The lowest BCUT2D eigenvalue weighted by Crippen LogP contribution is -2.36. The molecule has 0 amide bonds. The van der Waals surface area contributed by atoms with Crippen molar-refractivity contribution in [3.8, 4) is 0 Å². The summed E-state index contributed by atoms with van der Waals surface area (Å²) in [5, 5.41) is 6.89. The number of carboxylic acid groups (broad SMARTS) is 1. The first-order chi connectivity index (χ1) is 5.85. The predicted molar refractivity (Wildman–Crippen MR) is 46.1 cm³/mol. The predicted octanol–water partition coefficient (Wildman–Crippen LogP) is 0.205. The number of hydrogen-bond donors (Lipinski definition) is 1. The highest BCUT2D eigenvalue weighted by Gasteiger charge is 2.06. The van der Waals surface area contributed by atoms with Gasteiger partial charge in [0.05, 0.1) is 13.2 Å². The smallest absolute Gasteiger partial charge is 0.290 e. The molecule has 0 aromatic rings. The van der Waals surface area contributed by atoms with E-state index in [9.17, 15) is 0 Å². The molecule has 4 heteroatoms. The molecule has 1 rings (SSSR count). The van der Waals surface area contributed by atoms with Gasteiger partial charge >= 0.3 is 0 Å². The Labute approximate surface area is 72.4 Å². The minimum atomic E-state index is -0.250. The van der Waals surface area contributed by atoms with Crippen LogP contribution in [0, 0.1) is 0 Å². The first-order valence-corrected chi connectivity index (χ1v) is 3.84. The lowest BCUT2D eigenvalue weighted by molar-refractivity contribution is -0.122.